The van der Waals surface area contributed by atoms with Gasteiger partial charge in [0.1, 0.15) is 0 Å². The zero-order valence-corrected chi connectivity index (χ0v) is 12.2. The molecule has 1 heterocycles. The quantitative estimate of drug-likeness (QED) is 0.851. The minimum absolute atomic E-state index is 0.141. The first-order chi connectivity index (χ1) is 7.80. The van der Waals surface area contributed by atoms with Crippen molar-refractivity contribution in [2.24, 2.45) is 0 Å². The first kappa shape index (κ1) is 14.2. The van der Waals surface area contributed by atoms with E-state index in [1.807, 2.05) is 6.33 Å². The van der Waals surface area contributed by atoms with Crippen molar-refractivity contribution < 1.29 is 0 Å². The number of hydrogen-bond acceptors (Lipinski definition) is 2. The summed E-state index contributed by atoms with van der Waals surface area (Å²) in [7, 11) is 0. The third kappa shape index (κ3) is 3.84. The van der Waals surface area contributed by atoms with Gasteiger partial charge < -0.3 is 9.88 Å². The van der Waals surface area contributed by atoms with E-state index < -0.39 is 0 Å². The molecular weight excluding hydrogens is 210 g/mol. The van der Waals surface area contributed by atoms with Crippen molar-refractivity contribution in [1.82, 2.24) is 14.9 Å². The van der Waals surface area contributed by atoms with E-state index in [1.165, 1.54) is 0 Å². The van der Waals surface area contributed by atoms with Crippen molar-refractivity contribution in [3.05, 3.63) is 18.2 Å². The predicted molar refractivity (Wildman–Crippen MR) is 73.0 cm³/mol. The SMILES string of the molecule is CCC(C)(CC)n1cnc(CNC(C)(C)C)c1. The summed E-state index contributed by atoms with van der Waals surface area (Å²) < 4.78 is 2.26. The largest absolute Gasteiger partial charge is 0.331 e. The summed E-state index contributed by atoms with van der Waals surface area (Å²) in [4.78, 5) is 4.48. The van der Waals surface area contributed by atoms with E-state index in [0.717, 1.165) is 25.1 Å². The predicted octanol–water partition coefficient (Wildman–Crippen LogP) is 3.31. The minimum atomic E-state index is 0.141. The Hall–Kier alpha value is -0.830. The van der Waals surface area contributed by atoms with E-state index in [4.69, 9.17) is 0 Å². The molecule has 0 fully saturated rings. The molecule has 0 atom stereocenters. The van der Waals surface area contributed by atoms with Crippen molar-refractivity contribution in [2.45, 2.75) is 72.0 Å². The Kier molecular flexibility index (Phi) is 4.36. The minimum Gasteiger partial charge on any atom is -0.331 e. The molecule has 0 spiro atoms. The molecule has 1 rings (SSSR count). The lowest BCUT2D eigenvalue weighted by atomic mass is 9.95. The maximum Gasteiger partial charge on any atom is 0.0955 e. The van der Waals surface area contributed by atoms with Gasteiger partial charge in [-0.05, 0) is 40.5 Å². The van der Waals surface area contributed by atoms with Crippen LogP contribution in [0.15, 0.2) is 12.5 Å². The molecule has 3 heteroatoms. The van der Waals surface area contributed by atoms with Crippen LogP contribution in [-0.4, -0.2) is 15.1 Å². The topological polar surface area (TPSA) is 29.9 Å². The highest BCUT2D eigenvalue weighted by Crippen LogP contribution is 2.24. The molecule has 0 aromatic carbocycles. The average molecular weight is 237 g/mol. The average Bonchev–Trinajstić information content (AvgIpc) is 2.73. The fraction of sp³-hybridized carbons (Fsp3) is 0.786. The number of nitrogens with one attached hydrogen (secondary N) is 1. The van der Waals surface area contributed by atoms with Gasteiger partial charge in [-0.3, -0.25) is 0 Å². The van der Waals surface area contributed by atoms with Gasteiger partial charge in [-0.2, -0.15) is 0 Å². The number of aromatic nitrogens is 2. The van der Waals surface area contributed by atoms with Crippen molar-refractivity contribution >= 4 is 0 Å². The summed E-state index contributed by atoms with van der Waals surface area (Å²) in [6, 6.07) is 0. The highest BCUT2D eigenvalue weighted by molar-refractivity contribution is 5.01. The van der Waals surface area contributed by atoms with Crippen LogP contribution in [0, 0.1) is 0 Å². The highest BCUT2D eigenvalue weighted by atomic mass is 15.1. The molecule has 0 amide bonds. The Morgan fingerprint density at radius 2 is 1.76 bits per heavy atom. The van der Waals surface area contributed by atoms with Crippen LogP contribution in [0.25, 0.3) is 0 Å². The molecular formula is C14H27N3. The van der Waals surface area contributed by atoms with Crippen LogP contribution < -0.4 is 5.32 Å². The molecule has 0 radical (unpaired) electrons. The van der Waals surface area contributed by atoms with Gasteiger partial charge in [-0.1, -0.05) is 13.8 Å². The molecule has 0 aliphatic carbocycles. The Morgan fingerprint density at radius 1 is 1.18 bits per heavy atom. The molecule has 98 valence electrons. The van der Waals surface area contributed by atoms with Gasteiger partial charge in [0.25, 0.3) is 0 Å². The Bertz CT molecular complexity index is 343. The maximum atomic E-state index is 4.48. The number of nitrogens with zero attached hydrogens (tertiary/aromatic N) is 2. The van der Waals surface area contributed by atoms with Gasteiger partial charge in [0, 0.05) is 23.8 Å². The van der Waals surface area contributed by atoms with Crippen molar-refractivity contribution in [1.29, 1.82) is 0 Å². The Balaban J connectivity index is 2.71. The number of rotatable bonds is 5. The molecule has 1 aromatic rings. The van der Waals surface area contributed by atoms with Gasteiger partial charge in [0.15, 0.2) is 0 Å². The Labute approximate surface area is 106 Å². The molecule has 0 saturated heterocycles. The second kappa shape index (κ2) is 5.21. The molecule has 3 nitrogen and oxygen atoms in total. The zero-order valence-electron chi connectivity index (χ0n) is 12.2. The van der Waals surface area contributed by atoms with Crippen LogP contribution in [0.4, 0.5) is 0 Å². The summed E-state index contributed by atoms with van der Waals surface area (Å²) in [5.41, 5.74) is 1.46. The third-order valence-electron chi connectivity index (χ3n) is 3.58. The Morgan fingerprint density at radius 3 is 2.24 bits per heavy atom. The van der Waals surface area contributed by atoms with E-state index in [1.54, 1.807) is 0 Å². The first-order valence-electron chi connectivity index (χ1n) is 6.59. The second-order valence-corrected chi connectivity index (χ2v) is 6.08. The number of hydrogen-bond donors (Lipinski definition) is 1. The van der Waals surface area contributed by atoms with Gasteiger partial charge in [-0.15, -0.1) is 0 Å². The lowest BCUT2D eigenvalue weighted by Gasteiger charge is -2.28. The van der Waals surface area contributed by atoms with E-state index in [0.29, 0.717) is 0 Å². The molecule has 1 N–H and O–H groups in total. The molecule has 0 bridgehead atoms. The molecule has 1 aromatic heterocycles. The zero-order chi connectivity index (χ0) is 13.1. The second-order valence-electron chi connectivity index (χ2n) is 6.08. The van der Waals surface area contributed by atoms with E-state index in [2.05, 4.69) is 62.6 Å². The van der Waals surface area contributed by atoms with Crippen LogP contribution in [0.5, 0.6) is 0 Å². The van der Waals surface area contributed by atoms with Crippen molar-refractivity contribution in [3.63, 3.8) is 0 Å². The van der Waals surface area contributed by atoms with Crippen LogP contribution >= 0.6 is 0 Å². The first-order valence-corrected chi connectivity index (χ1v) is 6.59. The summed E-state index contributed by atoms with van der Waals surface area (Å²) in [5.74, 6) is 0. The van der Waals surface area contributed by atoms with Crippen molar-refractivity contribution in [3.8, 4) is 0 Å². The fourth-order valence-corrected chi connectivity index (χ4v) is 1.72. The highest BCUT2D eigenvalue weighted by Gasteiger charge is 2.21. The van der Waals surface area contributed by atoms with Gasteiger partial charge in [0.05, 0.1) is 12.0 Å². The maximum absolute atomic E-state index is 4.48. The molecule has 0 saturated carbocycles. The normalized spacial score (nSPS) is 13.1. The van der Waals surface area contributed by atoms with E-state index in [-0.39, 0.29) is 11.1 Å². The van der Waals surface area contributed by atoms with E-state index in [9.17, 15) is 0 Å². The lowest BCUT2D eigenvalue weighted by molar-refractivity contribution is 0.293. The monoisotopic (exact) mass is 237 g/mol. The third-order valence-corrected chi connectivity index (χ3v) is 3.58. The number of imidazole rings is 1. The molecule has 0 aliphatic rings. The van der Waals surface area contributed by atoms with Crippen LogP contribution in [-0.2, 0) is 12.1 Å². The summed E-state index contributed by atoms with van der Waals surface area (Å²) in [6.45, 7) is 14.1. The fourth-order valence-electron chi connectivity index (χ4n) is 1.72. The smallest absolute Gasteiger partial charge is 0.0955 e. The lowest BCUT2D eigenvalue weighted by Crippen LogP contribution is -2.35. The van der Waals surface area contributed by atoms with Crippen LogP contribution in [0.3, 0.4) is 0 Å². The standard InChI is InChI=1S/C14H27N3/c1-7-14(6,8-2)17-10-12(15-11-17)9-16-13(3,4)5/h10-11,16H,7-9H2,1-6H3. The van der Waals surface area contributed by atoms with Gasteiger partial charge in [-0.25, -0.2) is 4.98 Å². The van der Waals surface area contributed by atoms with Crippen LogP contribution in [0.2, 0.25) is 0 Å². The summed E-state index contributed by atoms with van der Waals surface area (Å²) in [5, 5.41) is 3.46. The van der Waals surface area contributed by atoms with Gasteiger partial charge >= 0.3 is 0 Å². The molecule has 0 unspecified atom stereocenters. The van der Waals surface area contributed by atoms with Crippen molar-refractivity contribution in [2.75, 3.05) is 0 Å². The van der Waals surface area contributed by atoms with Gasteiger partial charge in [0.2, 0.25) is 0 Å². The van der Waals surface area contributed by atoms with E-state index >= 15 is 0 Å². The summed E-state index contributed by atoms with van der Waals surface area (Å²) >= 11 is 0. The molecule has 0 aliphatic heterocycles. The molecule has 17 heavy (non-hydrogen) atoms. The summed E-state index contributed by atoms with van der Waals surface area (Å²) in [6.07, 6.45) is 6.40. The van der Waals surface area contributed by atoms with Crippen LogP contribution in [0.1, 0.15) is 60.1 Å².